The van der Waals surface area contributed by atoms with Crippen molar-refractivity contribution in [3.8, 4) is 16.9 Å². The molecule has 2 aromatic carbocycles. The van der Waals surface area contributed by atoms with Gasteiger partial charge in [0.2, 0.25) is 5.91 Å². The zero-order valence-electron chi connectivity index (χ0n) is 19.4. The molecule has 2 aromatic rings. The number of carbonyl (C=O) groups excluding carboxylic acids is 1. The molecule has 0 fully saturated rings. The average molecular weight is 440 g/mol. The predicted molar refractivity (Wildman–Crippen MR) is 122 cm³/mol. The van der Waals surface area contributed by atoms with Gasteiger partial charge in [-0.3, -0.25) is 9.59 Å². The quantitative estimate of drug-likeness (QED) is 0.731. The maximum Gasteiger partial charge on any atom is 0.307 e. The van der Waals surface area contributed by atoms with Crippen LogP contribution in [0.4, 0.5) is 10.1 Å². The number of aryl methyl sites for hydroxylation is 1. The Bertz CT molecular complexity index is 1130. The summed E-state index contributed by atoms with van der Waals surface area (Å²) in [7, 11) is 0. The van der Waals surface area contributed by atoms with E-state index in [-0.39, 0.29) is 12.3 Å². The molecule has 0 aromatic heterocycles. The Morgan fingerprint density at radius 2 is 1.88 bits per heavy atom. The van der Waals surface area contributed by atoms with E-state index in [0.717, 1.165) is 46.3 Å². The summed E-state index contributed by atoms with van der Waals surface area (Å²) in [5.41, 5.74) is 5.89. The maximum absolute atomic E-state index is 15.1. The van der Waals surface area contributed by atoms with E-state index < -0.39 is 17.2 Å². The fourth-order valence-corrected chi connectivity index (χ4v) is 4.96. The molecule has 1 N–H and O–H groups in total. The Labute approximate surface area is 188 Å². The smallest absolute Gasteiger partial charge is 0.307 e. The van der Waals surface area contributed by atoms with Crippen molar-refractivity contribution in [1.82, 2.24) is 0 Å². The molecular formula is C26H30FNO4. The third-order valence-corrected chi connectivity index (χ3v) is 6.54. The minimum atomic E-state index is -0.936. The molecular weight excluding hydrogens is 409 g/mol. The van der Waals surface area contributed by atoms with Crippen LogP contribution in [-0.4, -0.2) is 30.1 Å². The third kappa shape index (κ3) is 3.65. The van der Waals surface area contributed by atoms with Crippen LogP contribution in [0.2, 0.25) is 0 Å². The number of halogens is 1. The van der Waals surface area contributed by atoms with Crippen LogP contribution in [0.15, 0.2) is 12.1 Å². The first-order chi connectivity index (χ1) is 15.0. The second kappa shape index (κ2) is 7.91. The zero-order chi connectivity index (χ0) is 23.4. The molecule has 0 unspecified atom stereocenters. The lowest BCUT2D eigenvalue weighted by Gasteiger charge is -2.28. The van der Waals surface area contributed by atoms with E-state index in [1.165, 1.54) is 6.07 Å². The molecule has 0 spiro atoms. The molecule has 0 saturated carbocycles. The van der Waals surface area contributed by atoms with Gasteiger partial charge >= 0.3 is 5.97 Å². The number of nitrogens with zero attached hydrogens (tertiary/aromatic N) is 1. The molecule has 1 amide bonds. The Kier molecular flexibility index (Phi) is 5.51. The minimum absolute atomic E-state index is 0.0225. The number of fused-ring (bicyclic) bond motifs is 2. The zero-order valence-corrected chi connectivity index (χ0v) is 19.4. The van der Waals surface area contributed by atoms with Gasteiger partial charge in [-0.1, -0.05) is 20.8 Å². The molecule has 170 valence electrons. The highest BCUT2D eigenvalue weighted by molar-refractivity contribution is 6.01. The van der Waals surface area contributed by atoms with Crippen LogP contribution in [0, 0.1) is 25.1 Å². The van der Waals surface area contributed by atoms with Gasteiger partial charge in [-0.05, 0) is 78.6 Å². The van der Waals surface area contributed by atoms with Crippen molar-refractivity contribution in [3.63, 3.8) is 0 Å². The molecule has 2 heterocycles. The number of hydrogen-bond donors (Lipinski definition) is 1. The summed E-state index contributed by atoms with van der Waals surface area (Å²) < 4.78 is 20.7. The summed E-state index contributed by atoms with van der Waals surface area (Å²) in [6.45, 7) is 10.5. The Hall–Kier alpha value is -2.89. The lowest BCUT2D eigenvalue weighted by atomic mass is 9.84. The van der Waals surface area contributed by atoms with Gasteiger partial charge in [0.15, 0.2) is 11.6 Å². The Morgan fingerprint density at radius 3 is 2.53 bits per heavy atom. The first kappa shape index (κ1) is 22.3. The standard InChI is InChI=1S/C26H30FNO4/c1-14-11-21-17(8-9-28(21)25(31)26(3,4)5)23(18(14)13-22(29)30)19-12-20(27)24-16(15(19)2)7-6-10-32-24/h11-12H,6-10,13H2,1-5H3,(H,29,30). The summed E-state index contributed by atoms with van der Waals surface area (Å²) in [6.07, 6.45) is 1.99. The van der Waals surface area contributed by atoms with E-state index in [1.807, 2.05) is 40.7 Å². The number of rotatable bonds is 3. The second-order valence-electron chi connectivity index (χ2n) is 9.86. The first-order valence-electron chi connectivity index (χ1n) is 11.1. The molecule has 5 nitrogen and oxygen atoms in total. The summed E-state index contributed by atoms with van der Waals surface area (Å²) in [5.74, 6) is -1.02. The van der Waals surface area contributed by atoms with Gasteiger partial charge in [0, 0.05) is 23.2 Å². The fraction of sp³-hybridized carbons (Fsp3) is 0.462. The van der Waals surface area contributed by atoms with E-state index in [1.54, 1.807) is 4.90 Å². The Balaban J connectivity index is 1.99. The van der Waals surface area contributed by atoms with Gasteiger partial charge in [0.25, 0.3) is 0 Å². The van der Waals surface area contributed by atoms with Crippen LogP contribution in [-0.2, 0) is 28.9 Å². The van der Waals surface area contributed by atoms with Gasteiger partial charge < -0.3 is 14.7 Å². The summed E-state index contributed by atoms with van der Waals surface area (Å²) in [4.78, 5) is 26.6. The summed E-state index contributed by atoms with van der Waals surface area (Å²) in [6, 6.07) is 3.40. The number of hydrogen-bond acceptors (Lipinski definition) is 3. The highest BCUT2D eigenvalue weighted by Gasteiger charge is 2.35. The number of carbonyl (C=O) groups is 2. The topological polar surface area (TPSA) is 66.8 Å². The predicted octanol–water partition coefficient (Wildman–Crippen LogP) is 5.00. The van der Waals surface area contributed by atoms with Crippen molar-refractivity contribution >= 4 is 17.6 Å². The molecule has 4 rings (SSSR count). The number of anilines is 1. The van der Waals surface area contributed by atoms with Crippen LogP contribution < -0.4 is 9.64 Å². The third-order valence-electron chi connectivity index (χ3n) is 6.54. The van der Waals surface area contributed by atoms with Gasteiger partial charge in [-0.15, -0.1) is 0 Å². The normalized spacial score (nSPS) is 15.2. The first-order valence-corrected chi connectivity index (χ1v) is 11.1. The fourth-order valence-electron chi connectivity index (χ4n) is 4.96. The minimum Gasteiger partial charge on any atom is -0.490 e. The molecule has 2 aliphatic heterocycles. The monoisotopic (exact) mass is 439 g/mol. The van der Waals surface area contributed by atoms with Crippen molar-refractivity contribution in [2.45, 2.75) is 60.3 Å². The lowest BCUT2D eigenvalue weighted by Crippen LogP contribution is -2.38. The van der Waals surface area contributed by atoms with E-state index in [4.69, 9.17) is 4.74 Å². The van der Waals surface area contributed by atoms with E-state index in [2.05, 4.69) is 0 Å². The highest BCUT2D eigenvalue weighted by atomic mass is 19.1. The van der Waals surface area contributed by atoms with Gasteiger partial charge in [-0.25, -0.2) is 4.39 Å². The van der Waals surface area contributed by atoms with Gasteiger partial charge in [0.05, 0.1) is 13.0 Å². The molecule has 6 heteroatoms. The van der Waals surface area contributed by atoms with Gasteiger partial charge in [-0.2, -0.15) is 0 Å². The van der Waals surface area contributed by atoms with Crippen molar-refractivity contribution in [2.75, 3.05) is 18.1 Å². The van der Waals surface area contributed by atoms with Crippen LogP contribution in [0.5, 0.6) is 5.75 Å². The number of carboxylic acid groups (broad SMARTS) is 1. The SMILES string of the molecule is Cc1cc2c(c(-c3cc(F)c4c(c3C)CCCO4)c1CC(=O)O)CCN2C(=O)C(C)(C)C. The van der Waals surface area contributed by atoms with Crippen LogP contribution in [0.3, 0.4) is 0 Å². The number of carboxylic acids is 1. The lowest BCUT2D eigenvalue weighted by molar-refractivity contribution is -0.136. The van der Waals surface area contributed by atoms with E-state index in [0.29, 0.717) is 36.4 Å². The van der Waals surface area contributed by atoms with Gasteiger partial charge in [0.1, 0.15) is 0 Å². The number of benzene rings is 2. The molecule has 32 heavy (non-hydrogen) atoms. The van der Waals surface area contributed by atoms with Crippen LogP contribution >= 0.6 is 0 Å². The number of aliphatic carboxylic acids is 1. The van der Waals surface area contributed by atoms with Crippen molar-refractivity contribution in [3.05, 3.63) is 45.8 Å². The van der Waals surface area contributed by atoms with Crippen molar-refractivity contribution in [2.24, 2.45) is 5.41 Å². The molecule has 2 aliphatic rings. The van der Waals surface area contributed by atoms with Crippen molar-refractivity contribution in [1.29, 1.82) is 0 Å². The van der Waals surface area contributed by atoms with Crippen molar-refractivity contribution < 1.29 is 23.8 Å². The molecule has 0 saturated heterocycles. The Morgan fingerprint density at radius 1 is 1.16 bits per heavy atom. The largest absolute Gasteiger partial charge is 0.490 e. The summed E-state index contributed by atoms with van der Waals surface area (Å²) in [5, 5.41) is 9.62. The molecule has 0 aliphatic carbocycles. The highest BCUT2D eigenvalue weighted by Crippen LogP contribution is 2.45. The molecule has 0 radical (unpaired) electrons. The van der Waals surface area contributed by atoms with Crippen LogP contribution in [0.25, 0.3) is 11.1 Å². The number of ether oxygens (including phenoxy) is 1. The molecule has 0 bridgehead atoms. The van der Waals surface area contributed by atoms with Crippen LogP contribution in [0.1, 0.15) is 55.0 Å². The average Bonchev–Trinajstić information content (AvgIpc) is 3.13. The molecule has 0 atom stereocenters. The maximum atomic E-state index is 15.1. The summed E-state index contributed by atoms with van der Waals surface area (Å²) >= 11 is 0. The van der Waals surface area contributed by atoms with E-state index >= 15 is 4.39 Å². The second-order valence-corrected chi connectivity index (χ2v) is 9.86. The number of amides is 1. The van der Waals surface area contributed by atoms with E-state index in [9.17, 15) is 14.7 Å².